The van der Waals surface area contributed by atoms with Crippen molar-refractivity contribution in [2.24, 2.45) is 0 Å². The van der Waals surface area contributed by atoms with Crippen LogP contribution in [0.5, 0.6) is 0 Å². The number of fused-ring (bicyclic) bond motifs is 1. The first-order valence-corrected chi connectivity index (χ1v) is 8.19. The van der Waals surface area contributed by atoms with E-state index in [-0.39, 0.29) is 18.9 Å². The monoisotopic (exact) mass is 353 g/mol. The Hall–Kier alpha value is -3.12. The maximum Gasteiger partial charge on any atom is 0.308 e. The van der Waals surface area contributed by atoms with Gasteiger partial charge in [-0.3, -0.25) is 9.59 Å². The second-order valence-electron chi connectivity index (χ2n) is 5.87. The van der Waals surface area contributed by atoms with Crippen LogP contribution in [0.1, 0.15) is 16.8 Å². The number of ether oxygens (including phenoxy) is 1. The fourth-order valence-corrected chi connectivity index (χ4v) is 2.57. The Kier molecular flexibility index (Phi) is 5.34. The van der Waals surface area contributed by atoms with Crippen molar-refractivity contribution in [1.29, 1.82) is 0 Å². The lowest BCUT2D eigenvalue weighted by Crippen LogP contribution is -2.33. The largest absolute Gasteiger partial charge is 0.469 e. The molecule has 0 saturated carbocycles. The molecule has 1 unspecified atom stereocenters. The third-order valence-electron chi connectivity index (χ3n) is 3.99. The minimum Gasteiger partial charge on any atom is -0.469 e. The number of carbonyl (C=O) groups is 2. The molecule has 1 aromatic heterocycles. The lowest BCUT2D eigenvalue weighted by Gasteiger charge is -2.10. The lowest BCUT2D eigenvalue weighted by molar-refractivity contribution is -0.142. The van der Waals surface area contributed by atoms with Gasteiger partial charge >= 0.3 is 5.97 Å². The number of benzene rings is 2. The molecule has 3 rings (SSSR count). The molecule has 2 N–H and O–H groups in total. The highest BCUT2D eigenvalue weighted by molar-refractivity contribution is 5.94. The Morgan fingerprint density at radius 3 is 2.58 bits per heavy atom. The summed E-state index contributed by atoms with van der Waals surface area (Å²) in [5.41, 5.74) is 2.13. The summed E-state index contributed by atoms with van der Waals surface area (Å²) in [6.07, 6.45) is -1.15. The summed E-state index contributed by atoms with van der Waals surface area (Å²) < 4.78 is 10.3. The average Bonchev–Trinajstić information content (AvgIpc) is 3.10. The van der Waals surface area contributed by atoms with Crippen LogP contribution in [-0.2, 0) is 9.53 Å². The van der Waals surface area contributed by atoms with Gasteiger partial charge in [0.1, 0.15) is 11.3 Å². The van der Waals surface area contributed by atoms with E-state index in [1.165, 1.54) is 7.11 Å². The van der Waals surface area contributed by atoms with Gasteiger partial charge in [0.2, 0.25) is 0 Å². The Bertz CT molecular complexity index is 880. The van der Waals surface area contributed by atoms with Gasteiger partial charge in [0.05, 0.1) is 19.6 Å². The number of esters is 1. The molecule has 3 aromatic rings. The maximum atomic E-state index is 12.1. The number of carbonyl (C=O) groups excluding carboxylic acids is 2. The number of hydrogen-bond acceptors (Lipinski definition) is 5. The SMILES string of the molecule is COC(=O)CC(O)CNC(=O)c1ccc(-c2cc3ccccc3o2)cc1. The molecule has 26 heavy (non-hydrogen) atoms. The molecular formula is C20H19NO5. The van der Waals surface area contributed by atoms with Gasteiger partial charge in [0, 0.05) is 23.1 Å². The number of para-hydroxylation sites is 1. The van der Waals surface area contributed by atoms with Gasteiger partial charge in [-0.15, -0.1) is 0 Å². The number of amides is 1. The van der Waals surface area contributed by atoms with Gasteiger partial charge in [-0.2, -0.15) is 0 Å². The molecule has 6 heteroatoms. The Morgan fingerprint density at radius 1 is 1.15 bits per heavy atom. The molecule has 2 aromatic carbocycles. The van der Waals surface area contributed by atoms with Gasteiger partial charge in [-0.25, -0.2) is 0 Å². The minimum absolute atomic E-state index is 0.0285. The molecule has 0 saturated heterocycles. The van der Waals surface area contributed by atoms with E-state index in [4.69, 9.17) is 4.42 Å². The molecule has 6 nitrogen and oxygen atoms in total. The third kappa shape index (κ3) is 4.10. The van der Waals surface area contributed by atoms with E-state index >= 15 is 0 Å². The van der Waals surface area contributed by atoms with Crippen molar-refractivity contribution in [3.05, 3.63) is 60.2 Å². The van der Waals surface area contributed by atoms with E-state index in [9.17, 15) is 14.7 Å². The lowest BCUT2D eigenvalue weighted by atomic mass is 10.1. The quantitative estimate of drug-likeness (QED) is 0.665. The van der Waals surface area contributed by atoms with Crippen LogP contribution >= 0.6 is 0 Å². The normalized spacial score (nSPS) is 11.9. The Balaban J connectivity index is 1.63. The van der Waals surface area contributed by atoms with Crippen LogP contribution in [0.3, 0.4) is 0 Å². The van der Waals surface area contributed by atoms with E-state index in [0.717, 1.165) is 22.3 Å². The molecule has 1 heterocycles. The summed E-state index contributed by atoms with van der Waals surface area (Å²) in [5.74, 6) is -0.126. The fourth-order valence-electron chi connectivity index (χ4n) is 2.57. The molecule has 1 atom stereocenters. The van der Waals surface area contributed by atoms with E-state index in [1.807, 2.05) is 30.3 Å². The molecule has 0 aliphatic heterocycles. The van der Waals surface area contributed by atoms with Gasteiger partial charge in [0.25, 0.3) is 5.91 Å². The zero-order valence-corrected chi connectivity index (χ0v) is 14.3. The van der Waals surface area contributed by atoms with Crippen LogP contribution in [-0.4, -0.2) is 36.7 Å². The van der Waals surface area contributed by atoms with Crippen LogP contribution < -0.4 is 5.32 Å². The molecule has 0 bridgehead atoms. The van der Waals surface area contributed by atoms with E-state index in [1.54, 1.807) is 24.3 Å². The minimum atomic E-state index is -0.985. The summed E-state index contributed by atoms with van der Waals surface area (Å²) >= 11 is 0. The predicted octanol–water partition coefficient (Wildman–Crippen LogP) is 2.75. The highest BCUT2D eigenvalue weighted by atomic mass is 16.5. The highest BCUT2D eigenvalue weighted by Crippen LogP contribution is 2.27. The molecule has 134 valence electrons. The van der Waals surface area contributed by atoms with Crippen LogP contribution in [0.4, 0.5) is 0 Å². The standard InChI is InChI=1S/C20H19NO5/c1-25-19(23)11-16(22)12-21-20(24)14-8-6-13(7-9-14)18-10-15-4-2-3-5-17(15)26-18/h2-10,16,22H,11-12H2,1H3,(H,21,24). The van der Waals surface area contributed by atoms with Crippen LogP contribution in [0.15, 0.2) is 59.0 Å². The molecule has 0 aliphatic carbocycles. The van der Waals surface area contributed by atoms with Crippen molar-refractivity contribution in [3.63, 3.8) is 0 Å². The smallest absolute Gasteiger partial charge is 0.308 e. The summed E-state index contributed by atoms with van der Waals surface area (Å²) in [6, 6.07) is 16.7. The van der Waals surface area contributed by atoms with Crippen molar-refractivity contribution in [2.45, 2.75) is 12.5 Å². The fraction of sp³-hybridized carbons (Fsp3) is 0.200. The average molecular weight is 353 g/mol. The Morgan fingerprint density at radius 2 is 1.88 bits per heavy atom. The zero-order chi connectivity index (χ0) is 18.5. The number of rotatable bonds is 6. The van der Waals surface area contributed by atoms with Crippen LogP contribution in [0.25, 0.3) is 22.3 Å². The molecule has 0 spiro atoms. The van der Waals surface area contributed by atoms with Gasteiger partial charge in [-0.05, 0) is 24.3 Å². The van der Waals surface area contributed by atoms with Crippen molar-refractivity contribution < 1.29 is 23.8 Å². The third-order valence-corrected chi connectivity index (χ3v) is 3.99. The number of nitrogens with one attached hydrogen (secondary N) is 1. The van der Waals surface area contributed by atoms with E-state index in [0.29, 0.717) is 5.56 Å². The van der Waals surface area contributed by atoms with E-state index < -0.39 is 12.1 Å². The van der Waals surface area contributed by atoms with Crippen molar-refractivity contribution in [1.82, 2.24) is 5.32 Å². The van der Waals surface area contributed by atoms with E-state index in [2.05, 4.69) is 10.1 Å². The summed E-state index contributed by atoms with van der Waals surface area (Å²) in [7, 11) is 1.25. The van der Waals surface area contributed by atoms with Crippen molar-refractivity contribution >= 4 is 22.8 Å². The van der Waals surface area contributed by atoms with Crippen LogP contribution in [0, 0.1) is 0 Å². The number of hydrogen-bond donors (Lipinski definition) is 2. The molecular weight excluding hydrogens is 334 g/mol. The predicted molar refractivity (Wildman–Crippen MR) is 96.6 cm³/mol. The van der Waals surface area contributed by atoms with Gasteiger partial charge < -0.3 is 19.6 Å². The maximum absolute atomic E-state index is 12.1. The molecule has 1 amide bonds. The van der Waals surface area contributed by atoms with Crippen molar-refractivity contribution in [2.75, 3.05) is 13.7 Å². The number of furan rings is 1. The Labute approximate surface area is 150 Å². The topological polar surface area (TPSA) is 88.8 Å². The van der Waals surface area contributed by atoms with Gasteiger partial charge in [0.15, 0.2) is 0 Å². The summed E-state index contributed by atoms with van der Waals surface area (Å²) in [6.45, 7) is -0.0285. The first-order chi connectivity index (χ1) is 12.6. The van der Waals surface area contributed by atoms with Crippen molar-refractivity contribution in [3.8, 4) is 11.3 Å². The number of aliphatic hydroxyl groups is 1. The van der Waals surface area contributed by atoms with Crippen LogP contribution in [0.2, 0.25) is 0 Å². The summed E-state index contributed by atoms with van der Waals surface area (Å²) in [4.78, 5) is 23.2. The second-order valence-corrected chi connectivity index (χ2v) is 5.87. The molecule has 0 fully saturated rings. The first kappa shape index (κ1) is 17.7. The zero-order valence-electron chi connectivity index (χ0n) is 14.3. The first-order valence-electron chi connectivity index (χ1n) is 8.19. The number of methoxy groups -OCH3 is 1. The summed E-state index contributed by atoms with van der Waals surface area (Å²) in [5, 5.41) is 13.3. The highest BCUT2D eigenvalue weighted by Gasteiger charge is 2.13. The van der Waals surface area contributed by atoms with Gasteiger partial charge in [-0.1, -0.05) is 30.3 Å². The molecule has 0 radical (unpaired) electrons. The molecule has 0 aliphatic rings. The second kappa shape index (κ2) is 7.84. The number of aliphatic hydroxyl groups excluding tert-OH is 1.